The molecule has 0 aliphatic heterocycles. The minimum absolute atomic E-state index is 0.0107. The highest BCUT2D eigenvalue weighted by atomic mass is 35.5. The summed E-state index contributed by atoms with van der Waals surface area (Å²) in [6.07, 6.45) is 0.149. The van der Waals surface area contributed by atoms with E-state index in [0.29, 0.717) is 13.0 Å². The van der Waals surface area contributed by atoms with E-state index in [-0.39, 0.29) is 22.3 Å². The van der Waals surface area contributed by atoms with Gasteiger partial charge in [-0.15, -0.1) is 0 Å². The molecule has 0 spiro atoms. The predicted molar refractivity (Wildman–Crippen MR) is 80.6 cm³/mol. The number of anilines is 1. The topological polar surface area (TPSA) is 104 Å². The molecule has 0 aliphatic rings. The van der Waals surface area contributed by atoms with Crippen molar-refractivity contribution in [2.45, 2.75) is 26.4 Å². The summed E-state index contributed by atoms with van der Waals surface area (Å²) in [6.45, 7) is 3.98. The molecule has 0 aromatic heterocycles. The molecule has 0 aliphatic carbocycles. The van der Waals surface area contributed by atoms with Gasteiger partial charge in [-0.05, 0) is 31.4 Å². The van der Waals surface area contributed by atoms with Crippen LogP contribution in [-0.2, 0) is 0 Å². The number of nitro groups is 1. The van der Waals surface area contributed by atoms with Crippen LogP contribution in [0.5, 0.6) is 0 Å². The number of rotatable bonds is 6. The third-order valence-electron chi connectivity index (χ3n) is 2.76. The van der Waals surface area contributed by atoms with Gasteiger partial charge < -0.3 is 15.7 Å². The highest BCUT2D eigenvalue weighted by Crippen LogP contribution is 2.27. The van der Waals surface area contributed by atoms with Crippen molar-refractivity contribution in [3.63, 3.8) is 0 Å². The normalized spacial score (nSPS) is 13.3. The first-order chi connectivity index (χ1) is 9.79. The molecule has 1 aromatic rings. The van der Waals surface area contributed by atoms with Crippen LogP contribution in [0.3, 0.4) is 0 Å². The SMILES string of the molecule is CC(O)CC(C)CNC(=O)Nc1ccc(Cl)c([N+](=O)[O-])c1. The molecule has 0 fully saturated rings. The fraction of sp³-hybridized carbons (Fsp3) is 0.462. The molecule has 0 bridgehead atoms. The zero-order valence-corrected chi connectivity index (χ0v) is 12.6. The standard InChI is InChI=1S/C13H18ClN3O4/c1-8(5-9(2)18)7-15-13(19)16-10-3-4-11(14)12(6-10)17(20)21/h3-4,6,8-9,18H,5,7H2,1-2H3,(H2,15,16,19). The van der Waals surface area contributed by atoms with Crippen LogP contribution in [-0.4, -0.2) is 28.7 Å². The van der Waals surface area contributed by atoms with Gasteiger partial charge in [-0.3, -0.25) is 10.1 Å². The minimum atomic E-state index is -0.615. The van der Waals surface area contributed by atoms with Crippen LogP contribution in [0.15, 0.2) is 18.2 Å². The van der Waals surface area contributed by atoms with Crippen molar-refractivity contribution in [2.75, 3.05) is 11.9 Å². The molecule has 3 N–H and O–H groups in total. The average Bonchev–Trinajstić information content (AvgIpc) is 2.37. The lowest BCUT2D eigenvalue weighted by Gasteiger charge is -2.14. The summed E-state index contributed by atoms with van der Waals surface area (Å²) in [5, 5.41) is 25.1. The average molecular weight is 316 g/mol. The first-order valence-corrected chi connectivity index (χ1v) is 6.84. The number of nitrogens with one attached hydrogen (secondary N) is 2. The maximum absolute atomic E-state index is 11.7. The van der Waals surface area contributed by atoms with E-state index in [1.165, 1.54) is 18.2 Å². The molecule has 0 radical (unpaired) electrons. The molecular weight excluding hydrogens is 298 g/mol. The lowest BCUT2D eigenvalue weighted by atomic mass is 10.1. The van der Waals surface area contributed by atoms with Crippen molar-refractivity contribution in [3.05, 3.63) is 33.3 Å². The van der Waals surface area contributed by atoms with Gasteiger partial charge >= 0.3 is 6.03 Å². The first kappa shape index (κ1) is 17.2. The number of hydrogen-bond donors (Lipinski definition) is 3. The molecule has 7 nitrogen and oxygen atoms in total. The summed E-state index contributed by atoms with van der Waals surface area (Å²) < 4.78 is 0. The Balaban J connectivity index is 2.55. The van der Waals surface area contributed by atoms with Crippen molar-refractivity contribution >= 4 is 29.0 Å². The van der Waals surface area contributed by atoms with E-state index in [1.807, 2.05) is 6.92 Å². The fourth-order valence-electron chi connectivity index (χ4n) is 1.84. The van der Waals surface area contributed by atoms with Gasteiger partial charge in [0.25, 0.3) is 5.69 Å². The van der Waals surface area contributed by atoms with Gasteiger partial charge in [-0.25, -0.2) is 4.79 Å². The number of carbonyl (C=O) groups is 1. The van der Waals surface area contributed by atoms with Gasteiger partial charge in [0.1, 0.15) is 5.02 Å². The summed E-state index contributed by atoms with van der Waals surface area (Å²) in [5.41, 5.74) is 0.0173. The molecule has 8 heteroatoms. The van der Waals surface area contributed by atoms with Gasteiger partial charge in [-0.1, -0.05) is 18.5 Å². The van der Waals surface area contributed by atoms with Gasteiger partial charge in [0.05, 0.1) is 11.0 Å². The number of carbonyl (C=O) groups excluding carboxylic acids is 1. The number of halogens is 1. The third kappa shape index (κ3) is 5.97. The Morgan fingerprint density at radius 3 is 2.71 bits per heavy atom. The quantitative estimate of drug-likeness (QED) is 0.554. The van der Waals surface area contributed by atoms with E-state index in [0.717, 1.165) is 0 Å². The summed E-state index contributed by atoms with van der Waals surface area (Å²) in [5.74, 6) is 0.121. The number of amides is 2. The van der Waals surface area contributed by atoms with Crippen LogP contribution in [0.4, 0.5) is 16.2 Å². The maximum Gasteiger partial charge on any atom is 0.319 e. The number of aliphatic hydroxyl groups is 1. The second-order valence-electron chi connectivity index (χ2n) is 4.95. The van der Waals surface area contributed by atoms with Crippen molar-refractivity contribution in [2.24, 2.45) is 5.92 Å². The molecule has 2 unspecified atom stereocenters. The first-order valence-electron chi connectivity index (χ1n) is 6.46. The number of nitrogens with zero attached hydrogens (tertiary/aromatic N) is 1. The fourth-order valence-corrected chi connectivity index (χ4v) is 2.02. The molecule has 21 heavy (non-hydrogen) atoms. The monoisotopic (exact) mass is 315 g/mol. The van der Waals surface area contributed by atoms with E-state index in [4.69, 9.17) is 11.6 Å². The third-order valence-corrected chi connectivity index (χ3v) is 3.07. The highest BCUT2D eigenvalue weighted by Gasteiger charge is 2.14. The largest absolute Gasteiger partial charge is 0.393 e. The van der Waals surface area contributed by atoms with Crippen molar-refractivity contribution in [1.29, 1.82) is 0 Å². The predicted octanol–water partition coefficient (Wildman–Crippen LogP) is 2.78. The molecule has 0 heterocycles. The van der Waals surface area contributed by atoms with E-state index in [9.17, 15) is 20.0 Å². The summed E-state index contributed by atoms with van der Waals surface area (Å²) in [4.78, 5) is 21.8. The molecule has 0 saturated heterocycles. The Morgan fingerprint density at radius 1 is 1.48 bits per heavy atom. The molecule has 0 saturated carbocycles. The molecule has 2 amide bonds. The maximum atomic E-state index is 11.7. The van der Waals surface area contributed by atoms with Crippen molar-refractivity contribution in [1.82, 2.24) is 5.32 Å². The van der Waals surface area contributed by atoms with Crippen LogP contribution in [0.25, 0.3) is 0 Å². The van der Waals surface area contributed by atoms with E-state index >= 15 is 0 Å². The van der Waals surface area contributed by atoms with Gasteiger partial charge in [-0.2, -0.15) is 0 Å². The van der Waals surface area contributed by atoms with Crippen LogP contribution in [0.1, 0.15) is 20.3 Å². The Hall–Kier alpha value is -1.86. The highest BCUT2D eigenvalue weighted by molar-refractivity contribution is 6.32. The second-order valence-corrected chi connectivity index (χ2v) is 5.36. The lowest BCUT2D eigenvalue weighted by molar-refractivity contribution is -0.384. The van der Waals surface area contributed by atoms with Crippen LogP contribution >= 0.6 is 11.6 Å². The van der Waals surface area contributed by atoms with Gasteiger partial charge in [0.15, 0.2) is 0 Å². The Kier molecular flexibility index (Phi) is 6.39. The Labute approximate surface area is 127 Å². The lowest BCUT2D eigenvalue weighted by Crippen LogP contribution is -2.33. The number of hydrogen-bond acceptors (Lipinski definition) is 4. The molecule has 1 aromatic carbocycles. The Morgan fingerprint density at radius 2 is 2.14 bits per heavy atom. The van der Waals surface area contributed by atoms with Gasteiger partial charge in [0.2, 0.25) is 0 Å². The minimum Gasteiger partial charge on any atom is -0.393 e. The van der Waals surface area contributed by atoms with Crippen molar-refractivity contribution in [3.8, 4) is 0 Å². The smallest absolute Gasteiger partial charge is 0.319 e. The summed E-state index contributed by atoms with van der Waals surface area (Å²) >= 11 is 5.69. The molecule has 2 atom stereocenters. The summed E-state index contributed by atoms with van der Waals surface area (Å²) in [7, 11) is 0. The van der Waals surface area contributed by atoms with Crippen LogP contribution in [0, 0.1) is 16.0 Å². The second kappa shape index (κ2) is 7.80. The van der Waals surface area contributed by atoms with Crippen LogP contribution < -0.4 is 10.6 Å². The molecular formula is C13H18ClN3O4. The Bertz CT molecular complexity index is 522. The number of urea groups is 1. The summed E-state index contributed by atoms with van der Waals surface area (Å²) in [6, 6.07) is 3.56. The van der Waals surface area contributed by atoms with Crippen LogP contribution in [0.2, 0.25) is 5.02 Å². The zero-order chi connectivity index (χ0) is 16.0. The number of aliphatic hydroxyl groups excluding tert-OH is 1. The molecule has 1 rings (SSSR count). The van der Waals surface area contributed by atoms with Gasteiger partial charge in [0, 0.05) is 18.3 Å². The zero-order valence-electron chi connectivity index (χ0n) is 11.8. The van der Waals surface area contributed by atoms with E-state index in [1.54, 1.807) is 6.92 Å². The van der Waals surface area contributed by atoms with E-state index < -0.39 is 17.1 Å². The van der Waals surface area contributed by atoms with E-state index in [2.05, 4.69) is 10.6 Å². The van der Waals surface area contributed by atoms with Crippen molar-refractivity contribution < 1.29 is 14.8 Å². The molecule has 116 valence electrons. The number of nitro benzene ring substituents is 1. The number of benzene rings is 1.